The van der Waals surface area contributed by atoms with Crippen LogP contribution in [0.1, 0.15) is 43.9 Å². The topological polar surface area (TPSA) is 28.7 Å². The zero-order valence-corrected chi connectivity index (χ0v) is 8.06. The van der Waals surface area contributed by atoms with Crippen LogP contribution in [0.15, 0.2) is 6.20 Å². The van der Waals surface area contributed by atoms with E-state index in [0.29, 0.717) is 0 Å². The molecule has 1 heterocycles. The van der Waals surface area contributed by atoms with Crippen LogP contribution in [-0.2, 0) is 6.42 Å². The number of hydrogen-bond acceptors (Lipinski definition) is 1. The van der Waals surface area contributed by atoms with E-state index in [2.05, 4.69) is 24.0 Å². The summed E-state index contributed by atoms with van der Waals surface area (Å²) in [6.07, 6.45) is 8.35. The first kappa shape index (κ1) is 9.30. The van der Waals surface area contributed by atoms with E-state index < -0.39 is 0 Å². The second-order valence-electron chi connectivity index (χ2n) is 3.34. The molecule has 0 aromatic carbocycles. The predicted octanol–water partition coefficient (Wildman–Crippen LogP) is 2.84. The van der Waals surface area contributed by atoms with Crippen LogP contribution in [-0.4, -0.2) is 10.2 Å². The fourth-order valence-corrected chi connectivity index (χ4v) is 1.35. The summed E-state index contributed by atoms with van der Waals surface area (Å²) in [5.41, 5.74) is 2.61. The number of aromatic amines is 1. The molecule has 0 saturated heterocycles. The Hall–Kier alpha value is -0.790. The maximum atomic E-state index is 4.00. The van der Waals surface area contributed by atoms with Gasteiger partial charge in [-0.05, 0) is 25.3 Å². The molecule has 0 atom stereocenters. The standard InChI is InChI=1S/C10H18N2/c1-3-4-5-6-7-10-9(2)8-11-12-10/h8H,3-7H2,1-2H3,(H,11,12). The second kappa shape index (κ2) is 4.96. The van der Waals surface area contributed by atoms with Gasteiger partial charge in [-0.2, -0.15) is 5.10 Å². The molecule has 1 rings (SSSR count). The summed E-state index contributed by atoms with van der Waals surface area (Å²) in [6, 6.07) is 0. The Morgan fingerprint density at radius 2 is 2.17 bits per heavy atom. The zero-order chi connectivity index (χ0) is 8.81. The summed E-state index contributed by atoms with van der Waals surface area (Å²) < 4.78 is 0. The van der Waals surface area contributed by atoms with Crippen molar-refractivity contribution in [2.75, 3.05) is 0 Å². The van der Waals surface area contributed by atoms with Crippen molar-refractivity contribution < 1.29 is 0 Å². The van der Waals surface area contributed by atoms with Gasteiger partial charge in [-0.25, -0.2) is 0 Å². The number of H-pyrrole nitrogens is 1. The van der Waals surface area contributed by atoms with Crippen molar-refractivity contribution in [3.05, 3.63) is 17.5 Å². The molecule has 0 fully saturated rings. The van der Waals surface area contributed by atoms with Gasteiger partial charge in [0.25, 0.3) is 0 Å². The van der Waals surface area contributed by atoms with E-state index in [4.69, 9.17) is 0 Å². The van der Waals surface area contributed by atoms with Gasteiger partial charge in [0.1, 0.15) is 0 Å². The van der Waals surface area contributed by atoms with Crippen LogP contribution in [0, 0.1) is 6.92 Å². The van der Waals surface area contributed by atoms with E-state index >= 15 is 0 Å². The fourth-order valence-electron chi connectivity index (χ4n) is 1.35. The van der Waals surface area contributed by atoms with Crippen LogP contribution in [0.5, 0.6) is 0 Å². The fraction of sp³-hybridized carbons (Fsp3) is 0.700. The smallest absolute Gasteiger partial charge is 0.0519 e. The van der Waals surface area contributed by atoms with Gasteiger partial charge >= 0.3 is 0 Å². The van der Waals surface area contributed by atoms with E-state index in [9.17, 15) is 0 Å². The van der Waals surface area contributed by atoms with Crippen molar-refractivity contribution in [3.8, 4) is 0 Å². The second-order valence-corrected chi connectivity index (χ2v) is 3.34. The van der Waals surface area contributed by atoms with Crippen molar-refractivity contribution in [2.24, 2.45) is 0 Å². The molecule has 1 aromatic heterocycles. The number of rotatable bonds is 5. The van der Waals surface area contributed by atoms with Gasteiger partial charge < -0.3 is 0 Å². The van der Waals surface area contributed by atoms with Crippen LogP contribution >= 0.6 is 0 Å². The number of nitrogens with one attached hydrogen (secondary N) is 1. The Morgan fingerprint density at radius 3 is 2.75 bits per heavy atom. The molecule has 0 spiro atoms. The monoisotopic (exact) mass is 166 g/mol. The van der Waals surface area contributed by atoms with Crippen LogP contribution < -0.4 is 0 Å². The number of nitrogens with zero attached hydrogens (tertiary/aromatic N) is 1. The molecule has 2 nitrogen and oxygen atoms in total. The number of aryl methyl sites for hydroxylation is 2. The lowest BCUT2D eigenvalue weighted by Gasteiger charge is -1.98. The average Bonchev–Trinajstić information content (AvgIpc) is 2.46. The summed E-state index contributed by atoms with van der Waals surface area (Å²) in [5, 5.41) is 7.03. The number of hydrogen-bond donors (Lipinski definition) is 1. The minimum atomic E-state index is 1.16. The van der Waals surface area contributed by atoms with Gasteiger partial charge in [-0.3, -0.25) is 5.10 Å². The normalized spacial score (nSPS) is 10.5. The molecule has 1 aromatic rings. The Balaban J connectivity index is 2.20. The van der Waals surface area contributed by atoms with Gasteiger partial charge in [0.05, 0.1) is 6.20 Å². The number of unbranched alkanes of at least 4 members (excludes halogenated alkanes) is 3. The predicted molar refractivity (Wildman–Crippen MR) is 51.2 cm³/mol. The van der Waals surface area contributed by atoms with Gasteiger partial charge in [-0.15, -0.1) is 0 Å². The molecule has 0 amide bonds. The molecule has 1 N–H and O–H groups in total. The van der Waals surface area contributed by atoms with Gasteiger partial charge in [0.15, 0.2) is 0 Å². The molecule has 68 valence electrons. The van der Waals surface area contributed by atoms with Crippen molar-refractivity contribution in [1.82, 2.24) is 10.2 Å². The van der Waals surface area contributed by atoms with E-state index in [1.54, 1.807) is 0 Å². The maximum Gasteiger partial charge on any atom is 0.0519 e. The third-order valence-corrected chi connectivity index (χ3v) is 2.21. The first-order valence-electron chi connectivity index (χ1n) is 4.83. The quantitative estimate of drug-likeness (QED) is 0.669. The highest BCUT2D eigenvalue weighted by Crippen LogP contribution is 2.08. The minimum absolute atomic E-state index is 1.16. The summed E-state index contributed by atoms with van der Waals surface area (Å²) >= 11 is 0. The van der Waals surface area contributed by atoms with Crippen molar-refractivity contribution in [2.45, 2.75) is 46.0 Å². The molecule has 0 saturated carbocycles. The Morgan fingerprint density at radius 1 is 1.33 bits per heavy atom. The average molecular weight is 166 g/mol. The minimum Gasteiger partial charge on any atom is -0.282 e. The van der Waals surface area contributed by atoms with Crippen LogP contribution in [0.25, 0.3) is 0 Å². The van der Waals surface area contributed by atoms with Gasteiger partial charge in [0.2, 0.25) is 0 Å². The Bertz CT molecular complexity index is 215. The van der Waals surface area contributed by atoms with Crippen LogP contribution in [0.3, 0.4) is 0 Å². The molecule has 2 heteroatoms. The Kier molecular flexibility index (Phi) is 3.85. The summed E-state index contributed by atoms with van der Waals surface area (Å²) in [6.45, 7) is 4.35. The molecule has 0 radical (unpaired) electrons. The summed E-state index contributed by atoms with van der Waals surface area (Å²) in [7, 11) is 0. The molecule has 0 bridgehead atoms. The molecule has 12 heavy (non-hydrogen) atoms. The van der Waals surface area contributed by atoms with E-state index in [1.807, 2.05) is 6.20 Å². The largest absolute Gasteiger partial charge is 0.282 e. The van der Waals surface area contributed by atoms with E-state index in [-0.39, 0.29) is 0 Å². The van der Waals surface area contributed by atoms with Crippen molar-refractivity contribution in [3.63, 3.8) is 0 Å². The Labute approximate surface area is 74.4 Å². The first-order chi connectivity index (χ1) is 5.84. The third kappa shape index (κ3) is 2.68. The lowest BCUT2D eigenvalue weighted by atomic mass is 10.1. The van der Waals surface area contributed by atoms with Gasteiger partial charge in [-0.1, -0.05) is 26.2 Å². The highest BCUT2D eigenvalue weighted by atomic mass is 15.1. The molecule has 0 aliphatic rings. The van der Waals surface area contributed by atoms with E-state index in [1.165, 1.54) is 36.9 Å². The van der Waals surface area contributed by atoms with Crippen molar-refractivity contribution >= 4 is 0 Å². The zero-order valence-electron chi connectivity index (χ0n) is 8.06. The lowest BCUT2D eigenvalue weighted by Crippen LogP contribution is -1.88. The SMILES string of the molecule is CCCCCCc1[nH]ncc1C. The third-order valence-electron chi connectivity index (χ3n) is 2.21. The molecule has 0 aliphatic heterocycles. The molecular weight excluding hydrogens is 148 g/mol. The molecular formula is C10H18N2. The van der Waals surface area contributed by atoms with Crippen LogP contribution in [0.2, 0.25) is 0 Å². The van der Waals surface area contributed by atoms with E-state index in [0.717, 1.165) is 6.42 Å². The lowest BCUT2D eigenvalue weighted by molar-refractivity contribution is 0.658. The molecule has 0 aliphatic carbocycles. The highest BCUT2D eigenvalue weighted by molar-refractivity contribution is 5.13. The first-order valence-corrected chi connectivity index (χ1v) is 4.83. The summed E-state index contributed by atoms with van der Waals surface area (Å²) in [5.74, 6) is 0. The number of aromatic nitrogens is 2. The molecule has 0 unspecified atom stereocenters. The highest BCUT2D eigenvalue weighted by Gasteiger charge is 1.98. The van der Waals surface area contributed by atoms with Crippen LogP contribution in [0.4, 0.5) is 0 Å². The summed E-state index contributed by atoms with van der Waals surface area (Å²) in [4.78, 5) is 0. The maximum absolute atomic E-state index is 4.00. The van der Waals surface area contributed by atoms with Gasteiger partial charge in [0, 0.05) is 5.69 Å². The van der Waals surface area contributed by atoms with Crippen molar-refractivity contribution in [1.29, 1.82) is 0 Å².